The molecule has 1 aliphatic rings. The second-order valence-electron chi connectivity index (χ2n) is 5.38. The molecule has 104 valence electrons. The average molecular weight is 261 g/mol. The Bertz CT molecular complexity index is 406. The van der Waals surface area contributed by atoms with E-state index in [1.807, 2.05) is 0 Å². The Hall–Kier alpha value is -1.35. The predicted molar refractivity (Wildman–Crippen MR) is 76.1 cm³/mol. The lowest BCUT2D eigenvalue weighted by molar-refractivity contribution is -0.123. The lowest BCUT2D eigenvalue weighted by Crippen LogP contribution is -2.38. The monoisotopic (exact) mass is 261 g/mol. The van der Waals surface area contributed by atoms with E-state index < -0.39 is 0 Å². The molecule has 1 N–H and O–H groups in total. The summed E-state index contributed by atoms with van der Waals surface area (Å²) in [6.07, 6.45) is 3.59. The van der Waals surface area contributed by atoms with Gasteiger partial charge in [0.05, 0.1) is 12.6 Å². The lowest BCUT2D eigenvalue weighted by Gasteiger charge is -2.17. The van der Waals surface area contributed by atoms with Crippen molar-refractivity contribution in [2.75, 3.05) is 13.7 Å². The van der Waals surface area contributed by atoms with Gasteiger partial charge in [0.1, 0.15) is 0 Å². The molecule has 3 heteroatoms. The van der Waals surface area contributed by atoms with Gasteiger partial charge in [0.2, 0.25) is 5.91 Å². The van der Waals surface area contributed by atoms with Crippen LogP contribution in [0.15, 0.2) is 24.3 Å². The molecular weight excluding hydrogens is 238 g/mol. The third-order valence-electron chi connectivity index (χ3n) is 3.84. The molecule has 0 bridgehead atoms. The Morgan fingerprint density at radius 2 is 2.00 bits per heavy atom. The maximum Gasteiger partial charge on any atom is 0.220 e. The zero-order valence-corrected chi connectivity index (χ0v) is 11.8. The number of ether oxygens (including phenoxy) is 1. The molecule has 19 heavy (non-hydrogen) atoms. The average Bonchev–Trinajstić information content (AvgIpc) is 2.80. The van der Waals surface area contributed by atoms with Gasteiger partial charge in [-0.2, -0.15) is 0 Å². The van der Waals surface area contributed by atoms with Gasteiger partial charge in [-0.1, -0.05) is 31.2 Å². The number of amides is 1. The second-order valence-corrected chi connectivity index (χ2v) is 5.38. The quantitative estimate of drug-likeness (QED) is 0.853. The second kappa shape index (κ2) is 6.71. The highest BCUT2D eigenvalue weighted by molar-refractivity contribution is 5.76. The van der Waals surface area contributed by atoms with E-state index in [9.17, 15) is 4.79 Å². The van der Waals surface area contributed by atoms with Crippen LogP contribution in [-0.2, 0) is 22.4 Å². The topological polar surface area (TPSA) is 38.3 Å². The third-order valence-corrected chi connectivity index (χ3v) is 3.84. The Kier molecular flexibility index (Phi) is 4.97. The minimum atomic E-state index is 0.140. The summed E-state index contributed by atoms with van der Waals surface area (Å²) in [5, 5.41) is 3.06. The summed E-state index contributed by atoms with van der Waals surface area (Å²) in [5.74, 6) is 0.610. The van der Waals surface area contributed by atoms with Gasteiger partial charge in [0.25, 0.3) is 0 Å². The molecule has 0 saturated carbocycles. The molecule has 0 radical (unpaired) electrons. The highest BCUT2D eigenvalue weighted by Crippen LogP contribution is 2.28. The van der Waals surface area contributed by atoms with Gasteiger partial charge in [-0.25, -0.2) is 0 Å². The van der Waals surface area contributed by atoms with E-state index in [-0.39, 0.29) is 11.9 Å². The summed E-state index contributed by atoms with van der Waals surface area (Å²) < 4.78 is 5.10. The summed E-state index contributed by atoms with van der Waals surface area (Å²) in [7, 11) is 1.67. The van der Waals surface area contributed by atoms with Gasteiger partial charge in [-0.05, 0) is 36.3 Å². The van der Waals surface area contributed by atoms with Crippen molar-refractivity contribution in [3.63, 3.8) is 0 Å². The molecule has 1 aromatic carbocycles. The Balaban J connectivity index is 1.81. The zero-order chi connectivity index (χ0) is 13.7. The van der Waals surface area contributed by atoms with E-state index in [0.717, 1.165) is 19.3 Å². The van der Waals surface area contributed by atoms with Gasteiger partial charge in [0.15, 0.2) is 0 Å². The third kappa shape index (κ3) is 3.80. The first-order valence-corrected chi connectivity index (χ1v) is 7.08. The molecule has 0 fully saturated rings. The summed E-state index contributed by atoms with van der Waals surface area (Å²) in [5.41, 5.74) is 2.81. The van der Waals surface area contributed by atoms with Crippen LogP contribution < -0.4 is 5.32 Å². The summed E-state index contributed by atoms with van der Waals surface area (Å²) in [6, 6.07) is 8.64. The van der Waals surface area contributed by atoms with Crippen LogP contribution in [0.25, 0.3) is 0 Å². The van der Waals surface area contributed by atoms with Crippen molar-refractivity contribution in [2.24, 2.45) is 5.92 Å². The van der Waals surface area contributed by atoms with Crippen molar-refractivity contribution in [3.8, 4) is 0 Å². The molecular formula is C16H23NO2. The highest BCUT2D eigenvalue weighted by Gasteiger charge is 2.23. The molecule has 0 aromatic heterocycles. The predicted octanol–water partition coefficient (Wildman–Crippen LogP) is 2.33. The van der Waals surface area contributed by atoms with E-state index in [1.54, 1.807) is 7.11 Å². The van der Waals surface area contributed by atoms with Gasteiger partial charge < -0.3 is 10.1 Å². The highest BCUT2D eigenvalue weighted by atomic mass is 16.5. The Labute approximate surface area is 115 Å². The first-order chi connectivity index (χ1) is 9.22. The van der Waals surface area contributed by atoms with Crippen LogP contribution in [0.3, 0.4) is 0 Å². The van der Waals surface area contributed by atoms with Crippen LogP contribution in [0.4, 0.5) is 0 Å². The fourth-order valence-electron chi connectivity index (χ4n) is 2.81. The van der Waals surface area contributed by atoms with Crippen LogP contribution in [0, 0.1) is 5.92 Å². The van der Waals surface area contributed by atoms with E-state index >= 15 is 0 Å². The minimum absolute atomic E-state index is 0.140. The van der Waals surface area contributed by atoms with E-state index in [2.05, 4.69) is 36.5 Å². The summed E-state index contributed by atoms with van der Waals surface area (Å²) in [6.45, 7) is 2.66. The van der Waals surface area contributed by atoms with Crippen molar-refractivity contribution >= 4 is 5.91 Å². The molecule has 0 spiro atoms. The molecule has 1 amide bonds. The number of nitrogens with one attached hydrogen (secondary N) is 1. The maximum atomic E-state index is 12.0. The molecule has 1 atom stereocenters. The van der Waals surface area contributed by atoms with Crippen molar-refractivity contribution in [2.45, 2.75) is 38.6 Å². The number of benzene rings is 1. The molecule has 1 aromatic rings. The van der Waals surface area contributed by atoms with Crippen LogP contribution >= 0.6 is 0 Å². The largest absolute Gasteiger partial charge is 0.383 e. The lowest BCUT2D eigenvalue weighted by atomic mass is 10.0. The Morgan fingerprint density at radius 1 is 1.37 bits per heavy atom. The molecule has 0 aliphatic heterocycles. The number of hydrogen-bond donors (Lipinski definition) is 1. The zero-order valence-electron chi connectivity index (χ0n) is 11.8. The first-order valence-electron chi connectivity index (χ1n) is 7.08. The molecule has 0 saturated heterocycles. The molecule has 0 heterocycles. The van der Waals surface area contributed by atoms with Crippen molar-refractivity contribution in [3.05, 3.63) is 35.4 Å². The van der Waals surface area contributed by atoms with Crippen LogP contribution in [-0.4, -0.2) is 25.7 Å². The summed E-state index contributed by atoms with van der Waals surface area (Å²) >= 11 is 0. The van der Waals surface area contributed by atoms with Crippen LogP contribution in [0.5, 0.6) is 0 Å². The van der Waals surface area contributed by atoms with Crippen molar-refractivity contribution < 1.29 is 9.53 Å². The van der Waals surface area contributed by atoms with E-state index in [4.69, 9.17) is 4.74 Å². The smallest absolute Gasteiger partial charge is 0.220 e. The number of carbonyl (C=O) groups is 1. The van der Waals surface area contributed by atoms with Gasteiger partial charge in [0, 0.05) is 13.5 Å². The number of hydrogen-bond acceptors (Lipinski definition) is 2. The van der Waals surface area contributed by atoms with Gasteiger partial charge in [-0.15, -0.1) is 0 Å². The van der Waals surface area contributed by atoms with Crippen LogP contribution in [0.1, 0.15) is 30.9 Å². The number of fused-ring (bicyclic) bond motifs is 1. The minimum Gasteiger partial charge on any atom is -0.383 e. The first kappa shape index (κ1) is 14.1. The summed E-state index contributed by atoms with van der Waals surface area (Å²) in [4.78, 5) is 12.0. The standard InChI is InChI=1S/C16H23NO2/c1-3-15(11-19-2)17-16(18)10-12-8-13-6-4-5-7-14(13)9-12/h4-7,12,15H,3,8-11H2,1-2H3,(H,17,18)/t15-/m0/s1. The van der Waals surface area contributed by atoms with Gasteiger partial charge in [-0.3, -0.25) is 4.79 Å². The van der Waals surface area contributed by atoms with E-state index in [0.29, 0.717) is 18.9 Å². The fraction of sp³-hybridized carbons (Fsp3) is 0.562. The maximum absolute atomic E-state index is 12.0. The SMILES string of the molecule is CC[C@@H](COC)NC(=O)CC1Cc2ccccc2C1. The fourth-order valence-corrected chi connectivity index (χ4v) is 2.81. The van der Waals surface area contributed by atoms with E-state index in [1.165, 1.54) is 11.1 Å². The molecule has 2 rings (SSSR count). The number of methoxy groups -OCH3 is 1. The van der Waals surface area contributed by atoms with Crippen LogP contribution in [0.2, 0.25) is 0 Å². The molecule has 1 aliphatic carbocycles. The van der Waals surface area contributed by atoms with Crippen molar-refractivity contribution in [1.82, 2.24) is 5.32 Å². The Morgan fingerprint density at radius 3 is 2.53 bits per heavy atom. The normalized spacial score (nSPS) is 16.1. The van der Waals surface area contributed by atoms with Crippen molar-refractivity contribution in [1.29, 1.82) is 0 Å². The van der Waals surface area contributed by atoms with Gasteiger partial charge >= 0.3 is 0 Å². The molecule has 0 unspecified atom stereocenters. The number of carbonyl (C=O) groups excluding carboxylic acids is 1. The molecule has 3 nitrogen and oxygen atoms in total. The number of rotatable bonds is 6.